The molecule has 2 rings (SSSR count). The zero-order valence-corrected chi connectivity index (χ0v) is 15.5. The number of nitrogens with zero attached hydrogens (tertiary/aromatic N) is 6. The van der Waals surface area contributed by atoms with Gasteiger partial charge in [-0.2, -0.15) is 10.5 Å². The SMILES string of the molecule is Cc1nc(C)c(-c2nnc(SCC(=O)N(CCC#N)CCC#N)o2)s1. The third-order valence-corrected chi connectivity index (χ3v) is 5.03. The Hall–Kier alpha value is -2.43. The van der Waals surface area contributed by atoms with Crippen molar-refractivity contribution in [1.82, 2.24) is 20.1 Å². The number of carbonyl (C=O) groups excluding carboxylic acids is 1. The number of carbonyl (C=O) groups is 1. The van der Waals surface area contributed by atoms with Crippen LogP contribution in [-0.4, -0.2) is 44.8 Å². The van der Waals surface area contributed by atoms with Gasteiger partial charge in [0.2, 0.25) is 5.91 Å². The van der Waals surface area contributed by atoms with Crippen molar-refractivity contribution in [2.24, 2.45) is 0 Å². The van der Waals surface area contributed by atoms with E-state index in [1.54, 1.807) is 0 Å². The fourth-order valence-electron chi connectivity index (χ4n) is 2.04. The second-order valence-electron chi connectivity index (χ2n) is 5.01. The second kappa shape index (κ2) is 9.16. The van der Waals surface area contributed by atoms with Crippen LogP contribution < -0.4 is 0 Å². The van der Waals surface area contributed by atoms with Gasteiger partial charge < -0.3 is 9.32 Å². The van der Waals surface area contributed by atoms with Gasteiger partial charge in [-0.1, -0.05) is 11.8 Å². The lowest BCUT2D eigenvalue weighted by atomic mass is 10.3. The van der Waals surface area contributed by atoms with E-state index in [2.05, 4.69) is 15.2 Å². The molecule has 0 saturated carbocycles. The van der Waals surface area contributed by atoms with Crippen LogP contribution in [0.2, 0.25) is 0 Å². The van der Waals surface area contributed by atoms with Gasteiger partial charge in [0.1, 0.15) is 4.88 Å². The number of aryl methyl sites for hydroxylation is 2. The molecule has 2 aromatic heterocycles. The minimum absolute atomic E-state index is 0.110. The van der Waals surface area contributed by atoms with Gasteiger partial charge in [0.05, 0.1) is 41.4 Å². The first kappa shape index (κ1) is 18.9. The molecule has 0 spiro atoms. The first-order valence-electron chi connectivity index (χ1n) is 7.47. The summed E-state index contributed by atoms with van der Waals surface area (Å²) in [7, 11) is 0. The summed E-state index contributed by atoms with van der Waals surface area (Å²) in [5.41, 5.74) is 0.831. The van der Waals surface area contributed by atoms with Crippen molar-refractivity contribution in [3.8, 4) is 22.9 Å². The van der Waals surface area contributed by atoms with Crippen LogP contribution in [0.25, 0.3) is 10.8 Å². The molecule has 0 aromatic carbocycles. The average Bonchev–Trinajstić information content (AvgIpc) is 3.18. The summed E-state index contributed by atoms with van der Waals surface area (Å²) in [5, 5.41) is 26.5. The first-order valence-corrected chi connectivity index (χ1v) is 9.27. The molecule has 0 bridgehead atoms. The standard InChI is InChI=1S/C15H16N6O2S2/c1-10-13(25-11(2)18-10)14-19-20-15(23-14)24-9-12(22)21(7-3-5-16)8-4-6-17/h3-4,7-9H2,1-2H3. The van der Waals surface area contributed by atoms with Gasteiger partial charge in [0.25, 0.3) is 11.1 Å². The summed E-state index contributed by atoms with van der Waals surface area (Å²) in [6, 6.07) is 4.01. The fourth-order valence-corrected chi connectivity index (χ4v) is 3.54. The molecule has 1 amide bonds. The van der Waals surface area contributed by atoms with Crippen LogP contribution in [-0.2, 0) is 4.79 Å². The molecular weight excluding hydrogens is 360 g/mol. The molecule has 0 aliphatic heterocycles. The largest absolute Gasteiger partial charge is 0.410 e. The summed E-state index contributed by atoms with van der Waals surface area (Å²) in [4.78, 5) is 18.9. The minimum Gasteiger partial charge on any atom is -0.410 e. The lowest BCUT2D eigenvalue weighted by Gasteiger charge is -2.19. The Morgan fingerprint density at radius 3 is 2.48 bits per heavy atom. The lowest BCUT2D eigenvalue weighted by molar-refractivity contribution is -0.128. The van der Waals surface area contributed by atoms with E-state index in [4.69, 9.17) is 14.9 Å². The van der Waals surface area contributed by atoms with E-state index in [0.29, 0.717) is 24.2 Å². The Labute approximate surface area is 153 Å². The molecule has 0 radical (unpaired) electrons. The van der Waals surface area contributed by atoms with E-state index in [0.717, 1.165) is 27.3 Å². The van der Waals surface area contributed by atoms with Crippen molar-refractivity contribution < 1.29 is 9.21 Å². The molecule has 0 saturated heterocycles. The normalized spacial score (nSPS) is 10.2. The highest BCUT2D eigenvalue weighted by atomic mass is 32.2. The number of aromatic nitrogens is 3. The Bertz CT molecular complexity index is 799. The summed E-state index contributed by atoms with van der Waals surface area (Å²) >= 11 is 2.61. The molecule has 2 heterocycles. The highest BCUT2D eigenvalue weighted by Gasteiger charge is 2.18. The van der Waals surface area contributed by atoms with Gasteiger partial charge in [-0.3, -0.25) is 4.79 Å². The van der Waals surface area contributed by atoms with Crippen LogP contribution in [0.5, 0.6) is 0 Å². The zero-order valence-electron chi connectivity index (χ0n) is 13.9. The summed E-state index contributed by atoms with van der Waals surface area (Å²) in [6.45, 7) is 4.41. The van der Waals surface area contributed by atoms with Crippen molar-refractivity contribution in [1.29, 1.82) is 10.5 Å². The number of hydrogen-bond donors (Lipinski definition) is 0. The number of hydrogen-bond acceptors (Lipinski definition) is 9. The van der Waals surface area contributed by atoms with Crippen molar-refractivity contribution in [2.75, 3.05) is 18.8 Å². The maximum Gasteiger partial charge on any atom is 0.277 e. The van der Waals surface area contributed by atoms with E-state index in [9.17, 15) is 4.79 Å². The van der Waals surface area contributed by atoms with Crippen molar-refractivity contribution in [3.05, 3.63) is 10.7 Å². The molecule has 10 heteroatoms. The van der Waals surface area contributed by atoms with Gasteiger partial charge in [-0.25, -0.2) is 4.98 Å². The third kappa shape index (κ3) is 5.28. The number of nitriles is 2. The second-order valence-corrected chi connectivity index (χ2v) is 7.14. The highest BCUT2D eigenvalue weighted by molar-refractivity contribution is 7.99. The molecule has 0 N–H and O–H groups in total. The Balaban J connectivity index is 1.96. The number of rotatable bonds is 8. The molecule has 25 heavy (non-hydrogen) atoms. The van der Waals surface area contributed by atoms with Gasteiger partial charge in [0.15, 0.2) is 0 Å². The predicted octanol–water partition coefficient (Wildman–Crippen LogP) is 2.56. The van der Waals surface area contributed by atoms with Crippen LogP contribution in [0, 0.1) is 36.5 Å². The number of amides is 1. The molecule has 0 fully saturated rings. The van der Waals surface area contributed by atoms with Gasteiger partial charge in [0, 0.05) is 13.1 Å². The van der Waals surface area contributed by atoms with Crippen molar-refractivity contribution in [3.63, 3.8) is 0 Å². The molecule has 2 aromatic rings. The van der Waals surface area contributed by atoms with E-state index in [1.807, 2.05) is 26.0 Å². The van der Waals surface area contributed by atoms with Gasteiger partial charge >= 0.3 is 0 Å². The highest BCUT2D eigenvalue weighted by Crippen LogP contribution is 2.30. The van der Waals surface area contributed by atoms with E-state index < -0.39 is 0 Å². The molecule has 0 atom stereocenters. The summed E-state index contributed by atoms with van der Waals surface area (Å²) < 4.78 is 5.59. The summed E-state index contributed by atoms with van der Waals surface area (Å²) in [5.74, 6) is 0.336. The smallest absolute Gasteiger partial charge is 0.277 e. The molecule has 0 aliphatic carbocycles. The Kier molecular flexibility index (Phi) is 6.92. The quantitative estimate of drug-likeness (QED) is 0.645. The van der Waals surface area contributed by atoms with Crippen LogP contribution in [0.15, 0.2) is 9.64 Å². The first-order chi connectivity index (χ1) is 12.0. The minimum atomic E-state index is -0.167. The Morgan fingerprint density at radius 1 is 1.24 bits per heavy atom. The number of thioether (sulfide) groups is 1. The molecular formula is C15H16N6O2S2. The molecule has 0 unspecified atom stereocenters. The third-order valence-electron chi connectivity index (χ3n) is 3.16. The molecule has 0 aliphatic rings. The maximum atomic E-state index is 12.3. The topological polar surface area (TPSA) is 120 Å². The van der Waals surface area contributed by atoms with E-state index >= 15 is 0 Å². The van der Waals surface area contributed by atoms with Gasteiger partial charge in [-0.15, -0.1) is 21.5 Å². The monoisotopic (exact) mass is 376 g/mol. The zero-order chi connectivity index (χ0) is 18.2. The van der Waals surface area contributed by atoms with E-state index in [-0.39, 0.29) is 24.5 Å². The maximum absolute atomic E-state index is 12.3. The van der Waals surface area contributed by atoms with Crippen LogP contribution >= 0.6 is 23.1 Å². The molecule has 130 valence electrons. The van der Waals surface area contributed by atoms with E-state index in [1.165, 1.54) is 16.2 Å². The van der Waals surface area contributed by atoms with Crippen LogP contribution in [0.3, 0.4) is 0 Å². The van der Waals surface area contributed by atoms with Gasteiger partial charge in [-0.05, 0) is 13.8 Å². The summed E-state index contributed by atoms with van der Waals surface area (Å²) in [6.07, 6.45) is 0.465. The molecule has 8 nitrogen and oxygen atoms in total. The lowest BCUT2D eigenvalue weighted by Crippen LogP contribution is -2.34. The van der Waals surface area contributed by atoms with Crippen LogP contribution in [0.4, 0.5) is 0 Å². The Morgan fingerprint density at radius 2 is 1.92 bits per heavy atom. The van der Waals surface area contributed by atoms with Crippen molar-refractivity contribution >= 4 is 29.0 Å². The fraction of sp³-hybridized carbons (Fsp3) is 0.467. The van der Waals surface area contributed by atoms with Crippen molar-refractivity contribution in [2.45, 2.75) is 31.9 Å². The number of thiazole rings is 1. The average molecular weight is 376 g/mol. The van der Waals surface area contributed by atoms with Crippen LogP contribution in [0.1, 0.15) is 23.5 Å². The predicted molar refractivity (Wildman–Crippen MR) is 92.6 cm³/mol.